The molecule has 19 nitrogen and oxygen atoms in total. The molecule has 0 saturated carbocycles. The van der Waals surface area contributed by atoms with Crippen molar-refractivity contribution in [1.29, 1.82) is 0 Å². The first-order valence-corrected chi connectivity index (χ1v) is 24.9. The van der Waals surface area contributed by atoms with Crippen molar-refractivity contribution in [2.24, 2.45) is 0 Å². The fourth-order valence-electron chi connectivity index (χ4n) is 8.10. The Bertz CT molecular complexity index is 1450. The lowest BCUT2D eigenvalue weighted by Gasteiger charge is -2.48. The molecule has 394 valence electrons. The van der Waals surface area contributed by atoms with E-state index in [4.69, 9.17) is 28.4 Å². The van der Waals surface area contributed by atoms with E-state index in [1.807, 2.05) is 0 Å². The first kappa shape index (κ1) is 60.1. The summed E-state index contributed by atoms with van der Waals surface area (Å²) >= 11 is 0. The van der Waals surface area contributed by atoms with Gasteiger partial charge in [-0.1, -0.05) is 101 Å². The molecule has 3 fully saturated rings. The van der Waals surface area contributed by atoms with Gasteiger partial charge in [0.1, 0.15) is 73.2 Å². The van der Waals surface area contributed by atoms with Crippen LogP contribution >= 0.6 is 0 Å². The summed E-state index contributed by atoms with van der Waals surface area (Å²) in [5, 5.41) is 119. The molecule has 1 amide bonds. The van der Waals surface area contributed by atoms with Crippen LogP contribution in [0.1, 0.15) is 123 Å². The molecule has 3 aliphatic rings. The molecule has 17 unspecified atom stereocenters. The van der Waals surface area contributed by atoms with Gasteiger partial charge in [-0.3, -0.25) is 4.79 Å². The summed E-state index contributed by atoms with van der Waals surface area (Å²) in [5.41, 5.74) is 0. The predicted octanol–water partition coefficient (Wildman–Crippen LogP) is 1.19. The van der Waals surface area contributed by atoms with Gasteiger partial charge in [0.2, 0.25) is 5.91 Å². The Morgan fingerprint density at radius 2 is 0.971 bits per heavy atom. The van der Waals surface area contributed by atoms with Crippen LogP contribution in [0.5, 0.6) is 0 Å². The molecule has 0 aromatic heterocycles. The van der Waals surface area contributed by atoms with E-state index in [2.05, 4.69) is 55.6 Å². The summed E-state index contributed by atoms with van der Waals surface area (Å²) in [5.74, 6) is -0.306. The van der Waals surface area contributed by atoms with Crippen LogP contribution in [0.4, 0.5) is 0 Å². The summed E-state index contributed by atoms with van der Waals surface area (Å²) in [4.78, 5) is 13.2. The van der Waals surface area contributed by atoms with Crippen molar-refractivity contribution in [2.75, 3.05) is 26.4 Å². The highest BCUT2D eigenvalue weighted by atomic mass is 16.8. The van der Waals surface area contributed by atoms with E-state index < -0.39 is 124 Å². The Hall–Kier alpha value is -2.25. The Morgan fingerprint density at radius 1 is 0.515 bits per heavy atom. The minimum absolute atomic E-state index is 0.219. The van der Waals surface area contributed by atoms with E-state index in [1.165, 1.54) is 19.3 Å². The fraction of sp³-hybridized carbons (Fsp3) is 0.816. The fourth-order valence-corrected chi connectivity index (χ4v) is 8.10. The number of hydrogen-bond donors (Lipinski definition) is 12. The van der Waals surface area contributed by atoms with Crippen LogP contribution in [0, 0.1) is 0 Å². The maximum Gasteiger partial charge on any atom is 0.220 e. The summed E-state index contributed by atoms with van der Waals surface area (Å²) in [6, 6.07) is -0.997. The van der Waals surface area contributed by atoms with Crippen molar-refractivity contribution in [2.45, 2.75) is 227 Å². The highest BCUT2D eigenvalue weighted by molar-refractivity contribution is 5.76. The van der Waals surface area contributed by atoms with Gasteiger partial charge in [0, 0.05) is 6.42 Å². The van der Waals surface area contributed by atoms with Crippen molar-refractivity contribution in [3.05, 3.63) is 48.6 Å². The third-order valence-electron chi connectivity index (χ3n) is 12.3. The number of ether oxygens (including phenoxy) is 6. The molecule has 0 bridgehead atoms. The lowest BCUT2D eigenvalue weighted by Crippen LogP contribution is -2.66. The monoisotopic (exact) mass is 976 g/mol. The number of nitrogens with one attached hydrogen (secondary N) is 1. The minimum Gasteiger partial charge on any atom is -0.394 e. The zero-order valence-electron chi connectivity index (χ0n) is 40.1. The van der Waals surface area contributed by atoms with Gasteiger partial charge in [-0.2, -0.15) is 0 Å². The van der Waals surface area contributed by atoms with Gasteiger partial charge in [-0.05, 0) is 64.2 Å². The number of amides is 1. The zero-order chi connectivity index (χ0) is 49.8. The molecule has 0 spiro atoms. The van der Waals surface area contributed by atoms with Crippen LogP contribution in [0.3, 0.4) is 0 Å². The molecule has 0 aromatic rings. The molecule has 19 heteroatoms. The molecule has 68 heavy (non-hydrogen) atoms. The number of aliphatic hydroxyl groups is 11. The number of unbranched alkanes of at least 4 members (excludes halogenated alkanes) is 11. The summed E-state index contributed by atoms with van der Waals surface area (Å²) in [6.45, 7) is 1.52. The van der Waals surface area contributed by atoms with Crippen molar-refractivity contribution < 1.29 is 89.4 Å². The molecule has 0 radical (unpaired) electrons. The van der Waals surface area contributed by atoms with Crippen LogP contribution in [-0.4, -0.2) is 193 Å². The Kier molecular flexibility index (Phi) is 30.2. The Labute approximate surface area is 402 Å². The molecule has 3 rings (SSSR count). The normalized spacial score (nSPS) is 33.6. The van der Waals surface area contributed by atoms with Gasteiger partial charge < -0.3 is 89.9 Å². The largest absolute Gasteiger partial charge is 0.394 e. The van der Waals surface area contributed by atoms with Crippen LogP contribution < -0.4 is 5.32 Å². The molecule has 3 aliphatic heterocycles. The molecule has 0 aliphatic carbocycles. The van der Waals surface area contributed by atoms with Gasteiger partial charge in [-0.15, -0.1) is 0 Å². The second-order valence-electron chi connectivity index (χ2n) is 17.9. The third kappa shape index (κ3) is 20.1. The number of allylic oxidation sites excluding steroid dienone is 7. The third-order valence-corrected chi connectivity index (χ3v) is 12.3. The van der Waals surface area contributed by atoms with E-state index in [0.717, 1.165) is 70.6 Å². The molecule has 3 heterocycles. The van der Waals surface area contributed by atoms with Gasteiger partial charge in [0.25, 0.3) is 0 Å². The van der Waals surface area contributed by atoms with Crippen molar-refractivity contribution >= 4 is 5.91 Å². The zero-order valence-corrected chi connectivity index (χ0v) is 40.1. The van der Waals surface area contributed by atoms with E-state index in [-0.39, 0.29) is 18.9 Å². The van der Waals surface area contributed by atoms with Crippen molar-refractivity contribution in [1.82, 2.24) is 5.32 Å². The molecule has 0 aromatic carbocycles. The molecule has 17 atom stereocenters. The maximum atomic E-state index is 13.2. The molecular formula is C49H85NO18. The molecule has 12 N–H and O–H groups in total. The number of aliphatic hydroxyl groups excluding tert-OH is 11. The van der Waals surface area contributed by atoms with Gasteiger partial charge in [0.05, 0.1) is 38.6 Å². The van der Waals surface area contributed by atoms with Gasteiger partial charge in [0.15, 0.2) is 18.9 Å². The highest BCUT2D eigenvalue weighted by Gasteiger charge is 2.53. The first-order valence-electron chi connectivity index (χ1n) is 24.9. The topological polar surface area (TPSA) is 307 Å². The second-order valence-corrected chi connectivity index (χ2v) is 17.9. The number of rotatable bonds is 33. The highest BCUT2D eigenvalue weighted by Crippen LogP contribution is 2.33. The maximum absolute atomic E-state index is 13.2. The average Bonchev–Trinajstić information content (AvgIpc) is 3.33. The minimum atomic E-state index is -1.98. The Balaban J connectivity index is 1.59. The smallest absolute Gasteiger partial charge is 0.220 e. The molecular weight excluding hydrogens is 891 g/mol. The van der Waals surface area contributed by atoms with Crippen LogP contribution in [-0.2, 0) is 33.2 Å². The van der Waals surface area contributed by atoms with E-state index >= 15 is 0 Å². The standard InChI is InChI=1S/C49H85NO18/c1-3-5-7-9-11-13-15-17-19-21-23-25-27-37(55)50-32(33(54)26-24-22-20-18-16-14-12-10-8-6-4-2)31-63-47-43(61)40(58)45(35(29-52)65-47)68-49-44(62)41(59)46(36(30-53)66-49)67-48-42(60)39(57)38(56)34(28-51)64-48/h8,10-11,13,16,18,24,26,32-36,38-49,51-54,56-62H,3-7,9,12,14-15,17,19-23,25,27-31H2,1-2H3,(H,50,55)/b10-8+,13-11-,18-16+,26-24+. The first-order chi connectivity index (χ1) is 32.8. The summed E-state index contributed by atoms with van der Waals surface area (Å²) in [7, 11) is 0. The molecule has 3 saturated heterocycles. The van der Waals surface area contributed by atoms with Gasteiger partial charge in [-0.25, -0.2) is 0 Å². The SMILES string of the molecule is CCC/C=C/CC/C=C/CC/C=C/C(O)C(COC1OC(CO)C(OC2OC(CO)C(OC3OC(CO)C(O)C(O)C3O)C(O)C2O)C(O)C1O)NC(=O)CCCCCCC/C=C\CCCCC. The van der Waals surface area contributed by atoms with Crippen molar-refractivity contribution in [3.63, 3.8) is 0 Å². The van der Waals surface area contributed by atoms with E-state index in [9.17, 15) is 61.0 Å². The lowest BCUT2D eigenvalue weighted by atomic mass is 9.96. The predicted molar refractivity (Wildman–Crippen MR) is 249 cm³/mol. The average molecular weight is 976 g/mol. The van der Waals surface area contributed by atoms with Gasteiger partial charge >= 0.3 is 0 Å². The number of hydrogen-bond acceptors (Lipinski definition) is 18. The summed E-state index contributed by atoms with van der Waals surface area (Å²) in [6.07, 6.45) is 5.63. The Morgan fingerprint density at radius 3 is 1.53 bits per heavy atom. The van der Waals surface area contributed by atoms with Crippen LogP contribution in [0.2, 0.25) is 0 Å². The van der Waals surface area contributed by atoms with E-state index in [1.54, 1.807) is 12.2 Å². The number of carbonyl (C=O) groups is 1. The van der Waals surface area contributed by atoms with E-state index in [0.29, 0.717) is 12.8 Å². The summed E-state index contributed by atoms with van der Waals surface area (Å²) < 4.78 is 34.0. The van der Waals surface area contributed by atoms with Crippen LogP contribution in [0.25, 0.3) is 0 Å². The number of carbonyl (C=O) groups excluding carboxylic acids is 1. The second kappa shape index (κ2) is 34.2. The lowest BCUT2D eigenvalue weighted by molar-refractivity contribution is -0.379. The van der Waals surface area contributed by atoms with Crippen LogP contribution in [0.15, 0.2) is 48.6 Å². The quantitative estimate of drug-likeness (QED) is 0.0325. The van der Waals surface area contributed by atoms with Crippen molar-refractivity contribution in [3.8, 4) is 0 Å².